The van der Waals surface area contributed by atoms with Gasteiger partial charge in [-0.15, -0.1) is 0 Å². The molecule has 2 atom stereocenters. The first-order valence-electron chi connectivity index (χ1n) is 6.05. The van der Waals surface area contributed by atoms with Crippen LogP contribution in [0.5, 0.6) is 11.5 Å². The molecule has 1 aromatic carbocycles. The van der Waals surface area contributed by atoms with E-state index in [1.807, 2.05) is 0 Å². The molecular weight excluding hydrogens is 277 g/mol. The predicted octanol–water partition coefficient (Wildman–Crippen LogP) is 2.65. The van der Waals surface area contributed by atoms with Crippen molar-refractivity contribution in [1.82, 2.24) is 0 Å². The molecule has 20 heavy (non-hydrogen) atoms. The molecule has 1 aliphatic heterocycles. The zero-order chi connectivity index (χ0) is 14.9. The minimum absolute atomic E-state index is 0.0193. The van der Waals surface area contributed by atoms with Gasteiger partial charge in [0.15, 0.2) is 11.5 Å². The second-order valence-electron chi connectivity index (χ2n) is 4.41. The van der Waals surface area contributed by atoms with Crippen molar-refractivity contribution in [2.75, 3.05) is 6.61 Å². The summed E-state index contributed by atoms with van der Waals surface area (Å²) in [6.45, 7) is 1.97. The first-order chi connectivity index (χ1) is 9.34. The highest BCUT2D eigenvalue weighted by Crippen LogP contribution is 2.43. The minimum atomic E-state index is -4.75. The van der Waals surface area contributed by atoms with E-state index in [-0.39, 0.29) is 24.5 Å². The molecule has 2 rings (SSSR count). The Hall–Kier alpha value is -1.92. The number of rotatable bonds is 3. The second-order valence-corrected chi connectivity index (χ2v) is 4.41. The van der Waals surface area contributed by atoms with Gasteiger partial charge in [0.1, 0.15) is 5.92 Å². The van der Waals surface area contributed by atoms with E-state index in [1.54, 1.807) is 19.1 Å². The third-order valence-electron chi connectivity index (χ3n) is 3.05. The molecule has 1 N–H and O–H groups in total. The lowest BCUT2D eigenvalue weighted by atomic mass is 9.90. The molecule has 4 nitrogen and oxygen atoms in total. The van der Waals surface area contributed by atoms with E-state index < -0.39 is 24.2 Å². The number of carboxylic acids is 1. The number of carbonyl (C=O) groups is 1. The van der Waals surface area contributed by atoms with Crippen molar-refractivity contribution in [2.45, 2.75) is 25.6 Å². The van der Waals surface area contributed by atoms with Gasteiger partial charge in [-0.1, -0.05) is 12.1 Å². The van der Waals surface area contributed by atoms with Crippen LogP contribution < -0.4 is 9.47 Å². The van der Waals surface area contributed by atoms with Gasteiger partial charge < -0.3 is 14.6 Å². The van der Waals surface area contributed by atoms with E-state index in [1.165, 1.54) is 6.07 Å². The fraction of sp³-hybridized carbons (Fsp3) is 0.462. The molecule has 0 spiro atoms. The Morgan fingerprint density at radius 3 is 2.75 bits per heavy atom. The number of hydrogen-bond donors (Lipinski definition) is 1. The summed E-state index contributed by atoms with van der Waals surface area (Å²) in [4.78, 5) is 11.0. The number of ether oxygens (including phenoxy) is 2. The maximum atomic E-state index is 12.9. The standard InChI is InChI=1S/C13H13F3O4/c1-2-19-9-5-3-4-7-6-8(12(17)18)11(13(14,15)16)20-10(7)9/h3-5,8,11H,2,6H2,1H3,(H,17,18). The number of fused-ring (bicyclic) bond motifs is 1. The average molecular weight is 290 g/mol. The van der Waals surface area contributed by atoms with Crippen LogP contribution in [0.25, 0.3) is 0 Å². The largest absolute Gasteiger partial charge is 0.490 e. The molecule has 1 aliphatic rings. The second kappa shape index (κ2) is 5.22. The Kier molecular flexibility index (Phi) is 3.78. The molecule has 0 amide bonds. The van der Waals surface area contributed by atoms with Gasteiger partial charge in [-0.25, -0.2) is 0 Å². The smallest absolute Gasteiger partial charge is 0.426 e. The van der Waals surface area contributed by atoms with Crippen molar-refractivity contribution in [3.63, 3.8) is 0 Å². The Labute approximate surface area is 113 Å². The molecule has 0 saturated carbocycles. The highest BCUT2D eigenvalue weighted by atomic mass is 19.4. The summed E-state index contributed by atoms with van der Waals surface area (Å²) < 4.78 is 48.9. The average Bonchev–Trinajstić information content (AvgIpc) is 2.37. The number of alkyl halides is 3. The highest BCUT2D eigenvalue weighted by Gasteiger charge is 2.52. The van der Waals surface area contributed by atoms with Crippen LogP contribution in [-0.2, 0) is 11.2 Å². The van der Waals surface area contributed by atoms with Gasteiger partial charge in [0.05, 0.1) is 6.61 Å². The first kappa shape index (κ1) is 14.5. The van der Waals surface area contributed by atoms with E-state index in [2.05, 4.69) is 0 Å². The predicted molar refractivity (Wildman–Crippen MR) is 62.9 cm³/mol. The lowest BCUT2D eigenvalue weighted by molar-refractivity contribution is -0.217. The van der Waals surface area contributed by atoms with Crippen LogP contribution in [-0.4, -0.2) is 30.0 Å². The van der Waals surface area contributed by atoms with Crippen molar-refractivity contribution in [2.24, 2.45) is 5.92 Å². The normalized spacial score (nSPS) is 21.8. The van der Waals surface area contributed by atoms with Gasteiger partial charge in [-0.3, -0.25) is 4.79 Å². The van der Waals surface area contributed by atoms with Crippen LogP contribution in [0, 0.1) is 5.92 Å². The van der Waals surface area contributed by atoms with Crippen molar-refractivity contribution >= 4 is 5.97 Å². The number of carboxylic acid groups (broad SMARTS) is 1. The lowest BCUT2D eigenvalue weighted by Crippen LogP contribution is -2.47. The molecule has 0 aliphatic carbocycles. The molecule has 2 unspecified atom stereocenters. The van der Waals surface area contributed by atoms with Crippen molar-refractivity contribution in [3.05, 3.63) is 23.8 Å². The summed E-state index contributed by atoms with van der Waals surface area (Å²) in [5.41, 5.74) is 0.406. The van der Waals surface area contributed by atoms with E-state index in [9.17, 15) is 18.0 Å². The number of halogens is 3. The Morgan fingerprint density at radius 1 is 1.50 bits per heavy atom. The van der Waals surface area contributed by atoms with Gasteiger partial charge >= 0.3 is 12.1 Å². The van der Waals surface area contributed by atoms with Gasteiger partial charge in [-0.05, 0) is 25.0 Å². The van der Waals surface area contributed by atoms with Gasteiger partial charge in [0, 0.05) is 0 Å². The fourth-order valence-electron chi connectivity index (χ4n) is 2.19. The number of para-hydroxylation sites is 1. The van der Waals surface area contributed by atoms with E-state index >= 15 is 0 Å². The summed E-state index contributed by atoms with van der Waals surface area (Å²) >= 11 is 0. The summed E-state index contributed by atoms with van der Waals surface area (Å²) in [5.74, 6) is -3.00. The van der Waals surface area contributed by atoms with Crippen LogP contribution in [0.2, 0.25) is 0 Å². The zero-order valence-corrected chi connectivity index (χ0v) is 10.6. The summed E-state index contributed by atoms with van der Waals surface area (Å²) in [6, 6.07) is 4.64. The van der Waals surface area contributed by atoms with Crippen LogP contribution in [0.4, 0.5) is 13.2 Å². The van der Waals surface area contributed by atoms with Crippen LogP contribution in [0.1, 0.15) is 12.5 Å². The Bertz CT molecular complexity index is 513. The first-order valence-corrected chi connectivity index (χ1v) is 6.05. The molecule has 1 aromatic rings. The Morgan fingerprint density at radius 2 is 2.20 bits per heavy atom. The Balaban J connectivity index is 2.43. The number of hydrogen-bond acceptors (Lipinski definition) is 3. The number of aliphatic carboxylic acids is 1. The van der Waals surface area contributed by atoms with Gasteiger partial charge in [0.25, 0.3) is 0 Å². The lowest BCUT2D eigenvalue weighted by Gasteiger charge is -2.33. The van der Waals surface area contributed by atoms with Crippen LogP contribution >= 0.6 is 0 Å². The molecule has 7 heteroatoms. The van der Waals surface area contributed by atoms with E-state index in [0.717, 1.165) is 0 Å². The van der Waals surface area contributed by atoms with E-state index in [0.29, 0.717) is 5.56 Å². The zero-order valence-electron chi connectivity index (χ0n) is 10.6. The SMILES string of the molecule is CCOc1cccc2c1OC(C(F)(F)F)C(C(=O)O)C2. The highest BCUT2D eigenvalue weighted by molar-refractivity contribution is 5.72. The fourth-order valence-corrected chi connectivity index (χ4v) is 2.19. The molecule has 110 valence electrons. The summed E-state index contributed by atoms with van der Waals surface area (Å²) in [5, 5.41) is 8.96. The molecule has 0 bridgehead atoms. The van der Waals surface area contributed by atoms with Crippen molar-refractivity contribution < 1.29 is 32.5 Å². The quantitative estimate of drug-likeness (QED) is 0.929. The van der Waals surface area contributed by atoms with Gasteiger partial charge in [-0.2, -0.15) is 13.2 Å². The maximum Gasteiger partial charge on any atom is 0.426 e. The van der Waals surface area contributed by atoms with Crippen molar-refractivity contribution in [3.8, 4) is 11.5 Å². The summed E-state index contributed by atoms with van der Waals surface area (Å²) in [6.07, 6.45) is -7.36. The van der Waals surface area contributed by atoms with Crippen molar-refractivity contribution in [1.29, 1.82) is 0 Å². The summed E-state index contributed by atoms with van der Waals surface area (Å²) in [7, 11) is 0. The molecule has 0 fully saturated rings. The molecular formula is C13H13F3O4. The van der Waals surface area contributed by atoms with Gasteiger partial charge in [0.2, 0.25) is 6.10 Å². The third-order valence-corrected chi connectivity index (χ3v) is 3.05. The third kappa shape index (κ3) is 2.66. The molecule has 0 saturated heterocycles. The topological polar surface area (TPSA) is 55.8 Å². The van der Waals surface area contributed by atoms with E-state index in [4.69, 9.17) is 14.6 Å². The minimum Gasteiger partial charge on any atom is -0.490 e. The van der Waals surface area contributed by atoms with Crippen LogP contribution in [0.3, 0.4) is 0 Å². The molecule has 1 heterocycles. The maximum absolute atomic E-state index is 12.9. The molecule has 0 aromatic heterocycles. The number of benzene rings is 1. The monoisotopic (exact) mass is 290 g/mol. The van der Waals surface area contributed by atoms with Crippen LogP contribution in [0.15, 0.2) is 18.2 Å². The molecule has 0 radical (unpaired) electrons.